The van der Waals surface area contributed by atoms with E-state index in [0.29, 0.717) is 12.0 Å². The summed E-state index contributed by atoms with van der Waals surface area (Å²) < 4.78 is 0. The minimum Gasteiger partial charge on any atom is -0.314 e. The lowest BCUT2D eigenvalue weighted by Crippen LogP contribution is -2.29. The molecule has 0 saturated heterocycles. The van der Waals surface area contributed by atoms with Crippen LogP contribution in [0, 0.1) is 24.7 Å². The van der Waals surface area contributed by atoms with Crippen LogP contribution in [0.5, 0.6) is 0 Å². The van der Waals surface area contributed by atoms with Crippen LogP contribution in [0.15, 0.2) is 24.3 Å². The minimum absolute atomic E-state index is 0.581. The van der Waals surface area contributed by atoms with Gasteiger partial charge >= 0.3 is 0 Å². The zero-order valence-electron chi connectivity index (χ0n) is 13.9. The van der Waals surface area contributed by atoms with Crippen molar-refractivity contribution in [3.05, 3.63) is 35.4 Å². The number of benzene rings is 1. The Morgan fingerprint density at radius 1 is 1.19 bits per heavy atom. The van der Waals surface area contributed by atoms with Crippen LogP contribution < -0.4 is 5.32 Å². The molecule has 0 heterocycles. The molecule has 3 rings (SSSR count). The van der Waals surface area contributed by atoms with Gasteiger partial charge in [-0.25, -0.2) is 0 Å². The number of hydrogen-bond donors (Lipinski definition) is 1. The van der Waals surface area contributed by atoms with Crippen LogP contribution in [0.1, 0.15) is 63.0 Å². The zero-order chi connectivity index (χ0) is 14.8. The summed E-state index contributed by atoms with van der Waals surface area (Å²) in [4.78, 5) is 0. The Balaban J connectivity index is 1.69. The van der Waals surface area contributed by atoms with E-state index in [9.17, 15) is 0 Å². The highest BCUT2D eigenvalue weighted by Crippen LogP contribution is 2.51. The molecule has 2 bridgehead atoms. The predicted molar refractivity (Wildman–Crippen MR) is 90.6 cm³/mol. The summed E-state index contributed by atoms with van der Waals surface area (Å²) in [5.74, 6) is 3.79. The van der Waals surface area contributed by atoms with E-state index in [1.165, 1.54) is 37.7 Å². The summed E-state index contributed by atoms with van der Waals surface area (Å²) >= 11 is 0. The normalized spacial score (nSPS) is 29.2. The molecular weight excluding hydrogens is 254 g/mol. The fourth-order valence-electron chi connectivity index (χ4n) is 4.67. The average Bonchev–Trinajstić information content (AvgIpc) is 3.05. The summed E-state index contributed by atoms with van der Waals surface area (Å²) in [7, 11) is 0. The number of hydrogen-bond acceptors (Lipinski definition) is 1. The third-order valence-corrected chi connectivity index (χ3v) is 5.76. The van der Waals surface area contributed by atoms with E-state index in [2.05, 4.69) is 50.4 Å². The van der Waals surface area contributed by atoms with Crippen LogP contribution in [0.3, 0.4) is 0 Å². The fraction of sp³-hybridized carbons (Fsp3) is 0.700. The first-order chi connectivity index (χ1) is 10.1. The summed E-state index contributed by atoms with van der Waals surface area (Å²) in [6, 6.07) is 9.77. The van der Waals surface area contributed by atoms with Crippen LogP contribution in [-0.4, -0.2) is 12.6 Å². The molecule has 0 spiro atoms. The van der Waals surface area contributed by atoms with Crippen LogP contribution in [-0.2, 0) is 0 Å². The van der Waals surface area contributed by atoms with Gasteiger partial charge in [-0.15, -0.1) is 0 Å². The van der Waals surface area contributed by atoms with Gasteiger partial charge in [-0.2, -0.15) is 0 Å². The highest BCUT2D eigenvalue weighted by molar-refractivity contribution is 5.26. The molecule has 1 aromatic rings. The Morgan fingerprint density at radius 2 is 2.05 bits per heavy atom. The number of aryl methyl sites for hydroxylation is 1. The highest BCUT2D eigenvalue weighted by atomic mass is 14.9. The van der Waals surface area contributed by atoms with Crippen LogP contribution in [0.25, 0.3) is 0 Å². The molecule has 2 aliphatic rings. The molecule has 1 N–H and O–H groups in total. The lowest BCUT2D eigenvalue weighted by molar-refractivity contribution is 0.289. The Hall–Kier alpha value is -0.820. The second-order valence-electron chi connectivity index (χ2n) is 7.84. The van der Waals surface area contributed by atoms with Gasteiger partial charge in [0.2, 0.25) is 0 Å². The zero-order valence-corrected chi connectivity index (χ0v) is 13.9. The second-order valence-corrected chi connectivity index (χ2v) is 7.84. The van der Waals surface area contributed by atoms with Crippen LogP contribution in [0.2, 0.25) is 0 Å². The van der Waals surface area contributed by atoms with Gasteiger partial charge in [0, 0.05) is 12.6 Å². The van der Waals surface area contributed by atoms with Crippen molar-refractivity contribution in [3.63, 3.8) is 0 Å². The second kappa shape index (κ2) is 6.52. The van der Waals surface area contributed by atoms with Gasteiger partial charge in [-0.05, 0) is 61.8 Å². The summed E-state index contributed by atoms with van der Waals surface area (Å²) in [6.07, 6.45) is 7.45. The maximum Gasteiger partial charge on any atom is 0.00226 e. The first-order valence-corrected chi connectivity index (χ1v) is 8.91. The summed E-state index contributed by atoms with van der Waals surface area (Å²) in [6.45, 7) is 7.86. The van der Waals surface area contributed by atoms with Gasteiger partial charge in [-0.1, -0.05) is 50.1 Å². The molecule has 0 amide bonds. The topological polar surface area (TPSA) is 12.0 Å². The summed E-state index contributed by atoms with van der Waals surface area (Å²) in [5, 5.41) is 3.68. The third kappa shape index (κ3) is 3.69. The van der Waals surface area contributed by atoms with Gasteiger partial charge in [0.05, 0.1) is 0 Å². The van der Waals surface area contributed by atoms with Crippen molar-refractivity contribution in [2.45, 2.75) is 64.8 Å². The van der Waals surface area contributed by atoms with Gasteiger partial charge < -0.3 is 5.32 Å². The maximum absolute atomic E-state index is 3.68. The van der Waals surface area contributed by atoms with Crippen molar-refractivity contribution in [3.8, 4) is 0 Å². The van der Waals surface area contributed by atoms with E-state index in [0.717, 1.165) is 24.3 Å². The smallest absolute Gasteiger partial charge is 0.00226 e. The van der Waals surface area contributed by atoms with Gasteiger partial charge in [0.25, 0.3) is 0 Å². The molecule has 2 saturated carbocycles. The average molecular weight is 285 g/mol. The van der Waals surface area contributed by atoms with Crippen LogP contribution in [0.4, 0.5) is 0 Å². The van der Waals surface area contributed by atoms with Crippen molar-refractivity contribution < 1.29 is 0 Å². The van der Waals surface area contributed by atoms with Crippen molar-refractivity contribution >= 4 is 0 Å². The highest BCUT2D eigenvalue weighted by Gasteiger charge is 2.40. The quantitative estimate of drug-likeness (QED) is 0.783. The lowest BCUT2D eigenvalue weighted by atomic mass is 9.80. The van der Waals surface area contributed by atoms with Crippen molar-refractivity contribution in [2.75, 3.05) is 6.54 Å². The van der Waals surface area contributed by atoms with Gasteiger partial charge in [0.15, 0.2) is 0 Å². The Kier molecular flexibility index (Phi) is 4.69. The lowest BCUT2D eigenvalue weighted by Gasteiger charge is -2.28. The van der Waals surface area contributed by atoms with E-state index in [4.69, 9.17) is 0 Å². The van der Waals surface area contributed by atoms with E-state index in [1.807, 2.05) is 0 Å². The van der Waals surface area contributed by atoms with Gasteiger partial charge in [0.1, 0.15) is 0 Å². The van der Waals surface area contributed by atoms with Crippen molar-refractivity contribution in [2.24, 2.45) is 17.8 Å². The maximum atomic E-state index is 3.68. The van der Waals surface area contributed by atoms with Crippen molar-refractivity contribution in [1.82, 2.24) is 5.32 Å². The summed E-state index contributed by atoms with van der Waals surface area (Å²) in [5.41, 5.74) is 2.95. The molecule has 0 radical (unpaired) electrons. The molecule has 0 aromatic heterocycles. The third-order valence-electron chi connectivity index (χ3n) is 5.76. The number of rotatable bonds is 6. The Bertz CT molecular complexity index is 465. The van der Waals surface area contributed by atoms with E-state index >= 15 is 0 Å². The molecule has 21 heavy (non-hydrogen) atoms. The number of nitrogens with one attached hydrogen (secondary N) is 1. The molecule has 0 aliphatic heterocycles. The van der Waals surface area contributed by atoms with Crippen molar-refractivity contribution in [1.29, 1.82) is 0 Å². The van der Waals surface area contributed by atoms with E-state index in [-0.39, 0.29) is 0 Å². The van der Waals surface area contributed by atoms with E-state index < -0.39 is 0 Å². The molecule has 116 valence electrons. The SMILES string of the molecule is Cc1cccc(C(CNC(C)C)CC2CC3CCC2C3)c1. The largest absolute Gasteiger partial charge is 0.314 e. The molecular formula is C20H31N. The monoisotopic (exact) mass is 285 g/mol. The molecule has 4 atom stereocenters. The molecule has 4 unspecified atom stereocenters. The minimum atomic E-state index is 0.581. The fourth-order valence-corrected chi connectivity index (χ4v) is 4.67. The van der Waals surface area contributed by atoms with E-state index in [1.54, 1.807) is 5.56 Å². The predicted octanol–water partition coefficient (Wildman–Crippen LogP) is 4.90. The first-order valence-electron chi connectivity index (χ1n) is 8.91. The molecule has 2 fully saturated rings. The van der Waals surface area contributed by atoms with Crippen LogP contribution >= 0.6 is 0 Å². The molecule has 1 heteroatoms. The Labute approximate surface area is 130 Å². The Morgan fingerprint density at radius 3 is 2.67 bits per heavy atom. The van der Waals surface area contributed by atoms with Gasteiger partial charge in [-0.3, -0.25) is 0 Å². The molecule has 2 aliphatic carbocycles. The number of fused-ring (bicyclic) bond motifs is 2. The standard InChI is InChI=1S/C20H31N/c1-14(2)21-13-20(17-6-4-5-15(3)9-17)12-19-11-16-7-8-18(19)10-16/h4-6,9,14,16,18-21H,7-8,10-13H2,1-3H3. The molecule has 1 aromatic carbocycles. The first kappa shape index (κ1) is 15.1. The molecule has 1 nitrogen and oxygen atoms in total.